The molecule has 2 aromatic rings. The zero-order valence-electron chi connectivity index (χ0n) is 10.9. The number of hydrogen-bond acceptors (Lipinski definition) is 1. The summed E-state index contributed by atoms with van der Waals surface area (Å²) in [4.78, 5) is 0. The van der Waals surface area contributed by atoms with Gasteiger partial charge in [0.05, 0.1) is 10.0 Å². The second kappa shape index (κ2) is 6.83. The molecule has 0 amide bonds. The van der Waals surface area contributed by atoms with E-state index in [2.05, 4.69) is 30.4 Å². The topological polar surface area (TPSA) is 12.0 Å². The molecule has 0 unspecified atom stereocenters. The summed E-state index contributed by atoms with van der Waals surface area (Å²) in [6.07, 6.45) is 2.21. The van der Waals surface area contributed by atoms with Crippen LogP contribution in [-0.2, 0) is 13.0 Å². The second-order valence-electron chi connectivity index (χ2n) is 4.47. The van der Waals surface area contributed by atoms with E-state index in [1.807, 2.05) is 18.2 Å². The van der Waals surface area contributed by atoms with Crippen molar-refractivity contribution in [1.29, 1.82) is 0 Å². The second-order valence-corrected chi connectivity index (χ2v) is 5.26. The molecular formula is C16H17Cl2N. The number of benzene rings is 2. The molecule has 0 bridgehead atoms. The Hall–Kier alpha value is -1.18. The maximum atomic E-state index is 6.19. The first kappa shape index (κ1) is 14.2. The average Bonchev–Trinajstić information content (AvgIpc) is 2.42. The summed E-state index contributed by atoms with van der Waals surface area (Å²) in [5, 5.41) is 4.67. The highest BCUT2D eigenvalue weighted by molar-refractivity contribution is 6.42. The van der Waals surface area contributed by atoms with E-state index in [1.54, 1.807) is 6.07 Å². The van der Waals surface area contributed by atoms with Gasteiger partial charge < -0.3 is 5.32 Å². The van der Waals surface area contributed by atoms with Gasteiger partial charge in [0, 0.05) is 12.2 Å². The molecule has 1 nitrogen and oxygen atoms in total. The Morgan fingerprint density at radius 1 is 0.947 bits per heavy atom. The third-order valence-corrected chi connectivity index (χ3v) is 3.90. The highest BCUT2D eigenvalue weighted by Gasteiger charge is 2.05. The van der Waals surface area contributed by atoms with Crippen LogP contribution in [-0.4, -0.2) is 0 Å². The lowest BCUT2D eigenvalue weighted by molar-refractivity contribution is 0.919. The third kappa shape index (κ3) is 3.65. The van der Waals surface area contributed by atoms with E-state index in [0.717, 1.165) is 18.4 Å². The predicted octanol–water partition coefficient (Wildman–Crippen LogP) is 5.56. The molecular weight excluding hydrogens is 277 g/mol. The molecule has 0 aliphatic rings. The highest BCUT2D eigenvalue weighted by Crippen LogP contribution is 2.26. The molecule has 0 spiro atoms. The van der Waals surface area contributed by atoms with Crippen LogP contribution >= 0.6 is 23.2 Å². The minimum atomic E-state index is 0.600. The number of para-hydroxylation sites is 1. The largest absolute Gasteiger partial charge is 0.381 e. The molecule has 0 aliphatic heterocycles. The molecule has 3 heteroatoms. The van der Waals surface area contributed by atoms with Crippen LogP contribution in [0.25, 0.3) is 0 Å². The number of anilines is 1. The number of rotatable bonds is 5. The van der Waals surface area contributed by atoms with Crippen LogP contribution < -0.4 is 5.32 Å². The molecule has 0 aliphatic carbocycles. The first-order valence-electron chi connectivity index (χ1n) is 6.47. The van der Waals surface area contributed by atoms with Gasteiger partial charge in [0.2, 0.25) is 0 Å². The van der Waals surface area contributed by atoms with Crippen molar-refractivity contribution in [3.8, 4) is 0 Å². The standard InChI is InChI=1S/C16H17Cl2N/c1-2-6-12-7-3-4-10-15(12)19-11-13-8-5-9-14(17)16(13)18/h3-5,7-10,19H,2,6,11H2,1H3. The molecule has 100 valence electrons. The Kier molecular flexibility index (Phi) is 5.12. The maximum absolute atomic E-state index is 6.19. The molecule has 0 saturated heterocycles. The molecule has 2 aromatic carbocycles. The van der Waals surface area contributed by atoms with Gasteiger partial charge in [0.15, 0.2) is 0 Å². The predicted molar refractivity (Wildman–Crippen MR) is 84.2 cm³/mol. The van der Waals surface area contributed by atoms with E-state index in [-0.39, 0.29) is 0 Å². The van der Waals surface area contributed by atoms with Crippen LogP contribution in [0.4, 0.5) is 5.69 Å². The van der Waals surface area contributed by atoms with Gasteiger partial charge in [-0.2, -0.15) is 0 Å². The van der Waals surface area contributed by atoms with Crippen molar-refractivity contribution in [3.05, 3.63) is 63.6 Å². The Morgan fingerprint density at radius 2 is 1.68 bits per heavy atom. The average molecular weight is 294 g/mol. The van der Waals surface area contributed by atoms with Crippen molar-refractivity contribution in [2.24, 2.45) is 0 Å². The van der Waals surface area contributed by atoms with Crippen LogP contribution in [0.1, 0.15) is 24.5 Å². The smallest absolute Gasteiger partial charge is 0.0642 e. The maximum Gasteiger partial charge on any atom is 0.0642 e. The van der Waals surface area contributed by atoms with Gasteiger partial charge in [0.25, 0.3) is 0 Å². The summed E-state index contributed by atoms with van der Waals surface area (Å²) >= 11 is 12.2. The normalized spacial score (nSPS) is 10.5. The lowest BCUT2D eigenvalue weighted by Crippen LogP contribution is -2.03. The molecule has 0 atom stereocenters. The van der Waals surface area contributed by atoms with E-state index in [4.69, 9.17) is 23.2 Å². The summed E-state index contributed by atoms with van der Waals surface area (Å²) in [5.41, 5.74) is 3.52. The minimum Gasteiger partial charge on any atom is -0.381 e. The minimum absolute atomic E-state index is 0.600. The van der Waals surface area contributed by atoms with E-state index in [1.165, 1.54) is 11.3 Å². The van der Waals surface area contributed by atoms with Crippen LogP contribution in [0.15, 0.2) is 42.5 Å². The molecule has 19 heavy (non-hydrogen) atoms. The lowest BCUT2D eigenvalue weighted by Gasteiger charge is -2.12. The third-order valence-electron chi connectivity index (χ3n) is 3.04. The van der Waals surface area contributed by atoms with Gasteiger partial charge in [-0.3, -0.25) is 0 Å². The SMILES string of the molecule is CCCc1ccccc1NCc1cccc(Cl)c1Cl. The van der Waals surface area contributed by atoms with Crippen LogP contribution in [0.3, 0.4) is 0 Å². The van der Waals surface area contributed by atoms with Gasteiger partial charge in [-0.15, -0.1) is 0 Å². The zero-order valence-corrected chi connectivity index (χ0v) is 12.4. The van der Waals surface area contributed by atoms with Gasteiger partial charge in [0.1, 0.15) is 0 Å². The van der Waals surface area contributed by atoms with Gasteiger partial charge >= 0.3 is 0 Å². The summed E-state index contributed by atoms with van der Waals surface area (Å²) in [7, 11) is 0. The van der Waals surface area contributed by atoms with Crippen molar-refractivity contribution in [3.63, 3.8) is 0 Å². The monoisotopic (exact) mass is 293 g/mol. The van der Waals surface area contributed by atoms with E-state index in [9.17, 15) is 0 Å². The number of nitrogens with one attached hydrogen (secondary N) is 1. The Balaban J connectivity index is 2.12. The van der Waals surface area contributed by atoms with Crippen molar-refractivity contribution in [2.45, 2.75) is 26.3 Å². The first-order valence-corrected chi connectivity index (χ1v) is 7.22. The van der Waals surface area contributed by atoms with Crippen molar-refractivity contribution in [1.82, 2.24) is 0 Å². The van der Waals surface area contributed by atoms with Crippen LogP contribution in [0.5, 0.6) is 0 Å². The van der Waals surface area contributed by atoms with Gasteiger partial charge in [-0.1, -0.05) is 66.9 Å². The molecule has 2 rings (SSSR count). The van der Waals surface area contributed by atoms with Gasteiger partial charge in [-0.25, -0.2) is 0 Å². The Labute approximate surface area is 124 Å². The summed E-state index contributed by atoms with van der Waals surface area (Å²) in [5.74, 6) is 0. The highest BCUT2D eigenvalue weighted by atomic mass is 35.5. The zero-order chi connectivity index (χ0) is 13.7. The molecule has 0 saturated carbocycles. The summed E-state index contributed by atoms with van der Waals surface area (Å²) in [6, 6.07) is 14.1. The summed E-state index contributed by atoms with van der Waals surface area (Å²) < 4.78 is 0. The van der Waals surface area contributed by atoms with Crippen molar-refractivity contribution >= 4 is 28.9 Å². The number of halogens is 2. The quantitative estimate of drug-likeness (QED) is 0.761. The molecule has 1 N–H and O–H groups in total. The van der Waals surface area contributed by atoms with E-state index in [0.29, 0.717) is 16.6 Å². The van der Waals surface area contributed by atoms with E-state index < -0.39 is 0 Å². The number of aryl methyl sites for hydroxylation is 1. The molecule has 0 fully saturated rings. The summed E-state index contributed by atoms with van der Waals surface area (Å²) in [6.45, 7) is 2.87. The van der Waals surface area contributed by atoms with Crippen molar-refractivity contribution in [2.75, 3.05) is 5.32 Å². The molecule has 0 heterocycles. The molecule has 0 radical (unpaired) electrons. The lowest BCUT2D eigenvalue weighted by atomic mass is 10.1. The first-order chi connectivity index (χ1) is 9.22. The Bertz CT molecular complexity index is 552. The number of hydrogen-bond donors (Lipinski definition) is 1. The van der Waals surface area contributed by atoms with Crippen LogP contribution in [0, 0.1) is 0 Å². The fraction of sp³-hybridized carbons (Fsp3) is 0.250. The van der Waals surface area contributed by atoms with Crippen LogP contribution in [0.2, 0.25) is 10.0 Å². The van der Waals surface area contributed by atoms with Crippen molar-refractivity contribution < 1.29 is 0 Å². The van der Waals surface area contributed by atoms with Gasteiger partial charge in [-0.05, 0) is 29.7 Å². The Morgan fingerprint density at radius 3 is 2.47 bits per heavy atom. The molecule has 0 aromatic heterocycles. The van der Waals surface area contributed by atoms with E-state index >= 15 is 0 Å². The fourth-order valence-electron chi connectivity index (χ4n) is 2.06. The fourth-order valence-corrected chi connectivity index (χ4v) is 2.44.